The number of carbonyl (C=O) groups is 1. The Hall–Kier alpha value is -2.70. The first-order valence-corrected chi connectivity index (χ1v) is 12.9. The largest absolute Gasteiger partial charge is 0.497 e. The zero-order valence-corrected chi connectivity index (χ0v) is 21.9. The van der Waals surface area contributed by atoms with Crippen molar-refractivity contribution in [3.8, 4) is 5.75 Å². The van der Waals surface area contributed by atoms with E-state index in [0.717, 1.165) is 50.8 Å². The van der Waals surface area contributed by atoms with Gasteiger partial charge in [0.1, 0.15) is 5.75 Å². The molecular formula is C28H24Br2N2O2. The average Bonchev–Trinajstić information content (AvgIpc) is 3.26. The molecule has 0 bridgehead atoms. The Balaban J connectivity index is 1.56. The van der Waals surface area contributed by atoms with E-state index < -0.39 is 0 Å². The Kier molecular flexibility index (Phi) is 6.70. The van der Waals surface area contributed by atoms with Crippen LogP contribution in [0.1, 0.15) is 46.8 Å². The minimum Gasteiger partial charge on any atom is -0.497 e. The van der Waals surface area contributed by atoms with Gasteiger partial charge in [0.25, 0.3) is 5.91 Å². The maximum Gasteiger partial charge on any atom is 0.274 e. The second-order valence-corrected chi connectivity index (χ2v) is 10.4. The summed E-state index contributed by atoms with van der Waals surface area (Å²) in [4.78, 5) is 13.7. The van der Waals surface area contributed by atoms with Gasteiger partial charge in [-0.1, -0.05) is 56.1 Å². The number of hydrogen-bond donors (Lipinski definition) is 0. The van der Waals surface area contributed by atoms with Crippen molar-refractivity contribution in [2.24, 2.45) is 11.0 Å². The van der Waals surface area contributed by atoms with E-state index in [1.807, 2.05) is 36.4 Å². The molecule has 4 nitrogen and oxygen atoms in total. The summed E-state index contributed by atoms with van der Waals surface area (Å²) in [5.41, 5.74) is 5.08. The predicted molar refractivity (Wildman–Crippen MR) is 143 cm³/mol. The fourth-order valence-corrected chi connectivity index (χ4v) is 5.32. The molecule has 0 N–H and O–H groups in total. The van der Waals surface area contributed by atoms with Crippen LogP contribution >= 0.6 is 31.9 Å². The Morgan fingerprint density at radius 1 is 0.971 bits per heavy atom. The SMILES string of the molecule is COc1ccc(C(=O)N2N=C3/C(=C/c4ccc(Br)cc4)CCC[C@@H]3[C@H]2c2ccc(Br)cc2)cc1. The van der Waals surface area contributed by atoms with Gasteiger partial charge in [-0.3, -0.25) is 4.79 Å². The molecule has 1 heterocycles. The summed E-state index contributed by atoms with van der Waals surface area (Å²) >= 11 is 7.05. The van der Waals surface area contributed by atoms with Crippen molar-refractivity contribution in [2.45, 2.75) is 25.3 Å². The van der Waals surface area contributed by atoms with Crippen LogP contribution in [-0.4, -0.2) is 23.7 Å². The summed E-state index contributed by atoms with van der Waals surface area (Å²) < 4.78 is 7.34. The zero-order valence-electron chi connectivity index (χ0n) is 18.7. The van der Waals surface area contributed by atoms with Crippen LogP contribution in [0.3, 0.4) is 0 Å². The summed E-state index contributed by atoms with van der Waals surface area (Å²) in [5.74, 6) is 0.793. The molecule has 0 spiro atoms. The van der Waals surface area contributed by atoms with Crippen molar-refractivity contribution < 1.29 is 9.53 Å². The number of fused-ring (bicyclic) bond motifs is 1. The molecule has 1 amide bonds. The summed E-state index contributed by atoms with van der Waals surface area (Å²) in [7, 11) is 1.62. The normalized spacial score (nSPS) is 20.7. The van der Waals surface area contributed by atoms with Gasteiger partial charge in [0.05, 0.1) is 18.9 Å². The van der Waals surface area contributed by atoms with Gasteiger partial charge in [-0.15, -0.1) is 0 Å². The molecule has 5 rings (SSSR count). The van der Waals surface area contributed by atoms with Crippen LogP contribution < -0.4 is 4.74 Å². The number of ether oxygens (including phenoxy) is 1. The molecule has 1 fully saturated rings. The number of halogens is 2. The van der Waals surface area contributed by atoms with Crippen molar-refractivity contribution in [3.63, 3.8) is 0 Å². The second kappa shape index (κ2) is 9.88. The minimum absolute atomic E-state index is 0.0968. The molecule has 0 unspecified atom stereocenters. The smallest absolute Gasteiger partial charge is 0.274 e. The lowest BCUT2D eigenvalue weighted by Gasteiger charge is -2.29. The van der Waals surface area contributed by atoms with E-state index >= 15 is 0 Å². The second-order valence-electron chi connectivity index (χ2n) is 8.58. The summed E-state index contributed by atoms with van der Waals surface area (Å²) in [6.45, 7) is 0. The molecule has 2 atom stereocenters. The van der Waals surface area contributed by atoms with Crippen LogP contribution in [-0.2, 0) is 0 Å². The first kappa shape index (κ1) is 23.1. The number of methoxy groups -OCH3 is 1. The molecule has 1 aliphatic carbocycles. The molecule has 0 radical (unpaired) electrons. The summed E-state index contributed by atoms with van der Waals surface area (Å²) in [6.07, 6.45) is 5.26. The molecule has 34 heavy (non-hydrogen) atoms. The Bertz CT molecular complexity index is 1250. The van der Waals surface area contributed by atoms with E-state index in [9.17, 15) is 4.79 Å². The van der Waals surface area contributed by atoms with Crippen LogP contribution in [0.15, 0.2) is 92.4 Å². The molecule has 2 aliphatic rings. The number of rotatable bonds is 4. The maximum atomic E-state index is 13.7. The molecule has 0 saturated heterocycles. The van der Waals surface area contributed by atoms with E-state index in [2.05, 4.69) is 62.2 Å². The van der Waals surface area contributed by atoms with Crippen LogP contribution in [0.4, 0.5) is 0 Å². The lowest BCUT2D eigenvalue weighted by Crippen LogP contribution is -2.31. The summed E-state index contributed by atoms with van der Waals surface area (Å²) in [5, 5.41) is 6.68. The number of amides is 1. The van der Waals surface area contributed by atoms with Crippen LogP contribution in [0.5, 0.6) is 5.75 Å². The van der Waals surface area contributed by atoms with Gasteiger partial charge in [0.15, 0.2) is 0 Å². The van der Waals surface area contributed by atoms with Gasteiger partial charge in [0.2, 0.25) is 0 Å². The number of nitrogens with zero attached hydrogens (tertiary/aromatic N) is 2. The predicted octanol–water partition coefficient (Wildman–Crippen LogP) is 7.66. The molecule has 1 saturated carbocycles. The molecule has 3 aromatic carbocycles. The van der Waals surface area contributed by atoms with Crippen molar-refractivity contribution in [2.75, 3.05) is 7.11 Å². The van der Waals surface area contributed by atoms with E-state index in [4.69, 9.17) is 9.84 Å². The van der Waals surface area contributed by atoms with Gasteiger partial charge in [-0.05, 0) is 90.6 Å². The number of allylic oxidation sites excluding steroid dienone is 1. The zero-order chi connectivity index (χ0) is 23.7. The first-order chi connectivity index (χ1) is 16.5. The van der Waals surface area contributed by atoms with Crippen molar-refractivity contribution in [1.82, 2.24) is 5.01 Å². The quantitative estimate of drug-likeness (QED) is 0.318. The topological polar surface area (TPSA) is 41.9 Å². The molecular weight excluding hydrogens is 556 g/mol. The van der Waals surface area contributed by atoms with Crippen molar-refractivity contribution in [3.05, 3.63) is 104 Å². The van der Waals surface area contributed by atoms with E-state index in [1.54, 1.807) is 24.3 Å². The standard InChI is InChI=1S/C28H24Br2N2O2/c1-34-24-15-9-20(10-16-24)28(33)32-27(19-7-13-23(30)14-8-19)25-4-2-3-21(26(25)31-32)17-18-5-11-22(29)12-6-18/h5-17,25,27H,2-4H2,1H3/b21-17+/t25-,27+/m0/s1. The van der Waals surface area contributed by atoms with Gasteiger partial charge in [-0.25, -0.2) is 5.01 Å². The molecule has 172 valence electrons. The number of carbonyl (C=O) groups excluding carboxylic acids is 1. The lowest BCUT2D eigenvalue weighted by molar-refractivity contribution is 0.0681. The number of hydrazone groups is 1. The fraction of sp³-hybridized carbons (Fsp3) is 0.214. The van der Waals surface area contributed by atoms with Crippen LogP contribution in [0.2, 0.25) is 0 Å². The Morgan fingerprint density at radius 2 is 1.62 bits per heavy atom. The monoisotopic (exact) mass is 578 g/mol. The van der Waals surface area contributed by atoms with Gasteiger partial charge in [-0.2, -0.15) is 5.10 Å². The third-order valence-corrected chi connectivity index (χ3v) is 7.53. The lowest BCUT2D eigenvalue weighted by atomic mass is 9.77. The maximum absolute atomic E-state index is 13.7. The van der Waals surface area contributed by atoms with Crippen LogP contribution in [0, 0.1) is 5.92 Å². The highest BCUT2D eigenvalue weighted by Gasteiger charge is 2.43. The minimum atomic E-state index is -0.133. The summed E-state index contributed by atoms with van der Waals surface area (Å²) in [6, 6.07) is 23.7. The van der Waals surface area contributed by atoms with Crippen molar-refractivity contribution >= 4 is 49.6 Å². The third kappa shape index (κ3) is 4.62. The molecule has 1 aliphatic heterocycles. The Labute approximate surface area is 216 Å². The molecule has 3 aromatic rings. The first-order valence-electron chi connectivity index (χ1n) is 11.3. The molecule has 0 aromatic heterocycles. The van der Waals surface area contributed by atoms with Gasteiger partial charge in [0, 0.05) is 20.4 Å². The van der Waals surface area contributed by atoms with E-state index in [-0.39, 0.29) is 17.9 Å². The van der Waals surface area contributed by atoms with Gasteiger partial charge < -0.3 is 4.74 Å². The Morgan fingerprint density at radius 3 is 2.26 bits per heavy atom. The van der Waals surface area contributed by atoms with E-state index in [1.165, 1.54) is 5.57 Å². The van der Waals surface area contributed by atoms with Gasteiger partial charge >= 0.3 is 0 Å². The van der Waals surface area contributed by atoms with E-state index in [0.29, 0.717) is 5.56 Å². The number of hydrogen-bond acceptors (Lipinski definition) is 3. The van der Waals surface area contributed by atoms with Crippen molar-refractivity contribution in [1.29, 1.82) is 0 Å². The highest BCUT2D eigenvalue weighted by molar-refractivity contribution is 9.10. The highest BCUT2D eigenvalue weighted by Crippen LogP contribution is 2.45. The third-order valence-electron chi connectivity index (χ3n) is 6.47. The van der Waals surface area contributed by atoms with Crippen LogP contribution in [0.25, 0.3) is 6.08 Å². The molecule has 6 heteroatoms. The number of benzene rings is 3. The highest BCUT2D eigenvalue weighted by atomic mass is 79.9. The fourth-order valence-electron chi connectivity index (χ4n) is 4.79. The average molecular weight is 580 g/mol.